The number of nitrogens with zero attached hydrogens (tertiary/aromatic N) is 1. The normalized spacial score (nSPS) is 17.3. The Morgan fingerprint density at radius 3 is 2.70 bits per heavy atom. The molecule has 0 radical (unpaired) electrons. The third kappa shape index (κ3) is 3.38. The molecule has 0 aromatic heterocycles. The van der Waals surface area contributed by atoms with Crippen molar-refractivity contribution in [2.45, 2.75) is 45.6 Å². The van der Waals surface area contributed by atoms with E-state index < -0.39 is 0 Å². The molecule has 110 valence electrons. The van der Waals surface area contributed by atoms with Crippen molar-refractivity contribution in [1.29, 1.82) is 0 Å². The zero-order chi connectivity index (χ0) is 14.6. The second-order valence-corrected chi connectivity index (χ2v) is 6.46. The lowest BCUT2D eigenvalue weighted by molar-refractivity contribution is -0.385. The molecule has 0 spiro atoms. The number of hydrogen-bond acceptors (Lipinski definition) is 3. The summed E-state index contributed by atoms with van der Waals surface area (Å²) in [7, 11) is 0. The van der Waals surface area contributed by atoms with Crippen molar-refractivity contribution in [3.05, 3.63) is 38.3 Å². The van der Waals surface area contributed by atoms with Gasteiger partial charge in [-0.05, 0) is 46.2 Å². The highest BCUT2D eigenvalue weighted by Crippen LogP contribution is 2.40. The van der Waals surface area contributed by atoms with E-state index in [4.69, 9.17) is 0 Å². The maximum Gasteiger partial charge on any atom is 0.283 e. The third-order valence-corrected chi connectivity index (χ3v) is 5.40. The summed E-state index contributed by atoms with van der Waals surface area (Å²) in [6, 6.07) is 5.19. The van der Waals surface area contributed by atoms with Gasteiger partial charge in [-0.25, -0.2) is 0 Å². The Morgan fingerprint density at radius 2 is 2.10 bits per heavy atom. The fraction of sp³-hybridized carbons (Fsp3) is 0.600. The molecule has 0 saturated heterocycles. The van der Waals surface area contributed by atoms with Gasteiger partial charge in [-0.15, -0.1) is 0 Å². The summed E-state index contributed by atoms with van der Waals surface area (Å²) in [5.74, 6) is 0. The Morgan fingerprint density at radius 1 is 1.40 bits per heavy atom. The summed E-state index contributed by atoms with van der Waals surface area (Å²) in [5.41, 5.74) is 1.52. The number of benzene rings is 1. The van der Waals surface area contributed by atoms with Crippen molar-refractivity contribution in [1.82, 2.24) is 5.32 Å². The van der Waals surface area contributed by atoms with Gasteiger partial charge in [-0.3, -0.25) is 10.1 Å². The fourth-order valence-electron chi connectivity index (χ4n) is 3.09. The number of rotatable bonds is 6. The molecule has 0 atom stereocenters. The number of halogens is 1. The molecule has 0 heterocycles. The molecule has 0 amide bonds. The highest BCUT2D eigenvalue weighted by atomic mass is 79.9. The molecule has 0 aliphatic heterocycles. The van der Waals surface area contributed by atoms with Crippen molar-refractivity contribution < 1.29 is 4.92 Å². The first-order valence-electron chi connectivity index (χ1n) is 7.20. The SMILES string of the molecule is CCC1(CNCc2cccc([N+](=O)[O-])c2Br)CCCC1. The molecule has 1 aromatic carbocycles. The summed E-state index contributed by atoms with van der Waals surface area (Å²) in [6.45, 7) is 3.93. The first kappa shape index (κ1) is 15.4. The second kappa shape index (κ2) is 6.68. The Balaban J connectivity index is 1.97. The summed E-state index contributed by atoms with van der Waals surface area (Å²) >= 11 is 3.34. The molecule has 2 rings (SSSR count). The topological polar surface area (TPSA) is 55.2 Å². The zero-order valence-corrected chi connectivity index (χ0v) is 13.4. The maximum absolute atomic E-state index is 10.9. The predicted molar refractivity (Wildman–Crippen MR) is 83.7 cm³/mol. The van der Waals surface area contributed by atoms with E-state index in [1.54, 1.807) is 6.07 Å². The van der Waals surface area contributed by atoms with E-state index in [-0.39, 0.29) is 10.6 Å². The van der Waals surface area contributed by atoms with Gasteiger partial charge >= 0.3 is 0 Å². The first-order chi connectivity index (χ1) is 9.58. The van der Waals surface area contributed by atoms with Crippen LogP contribution in [-0.4, -0.2) is 11.5 Å². The largest absolute Gasteiger partial charge is 0.312 e. The smallest absolute Gasteiger partial charge is 0.283 e. The monoisotopic (exact) mass is 340 g/mol. The van der Waals surface area contributed by atoms with E-state index in [2.05, 4.69) is 28.2 Å². The molecule has 1 saturated carbocycles. The van der Waals surface area contributed by atoms with E-state index in [0.29, 0.717) is 16.4 Å². The van der Waals surface area contributed by atoms with Crippen LogP contribution in [0.1, 0.15) is 44.6 Å². The van der Waals surface area contributed by atoms with E-state index in [9.17, 15) is 10.1 Å². The average Bonchev–Trinajstić information content (AvgIpc) is 2.90. The number of nitrogens with one attached hydrogen (secondary N) is 1. The van der Waals surface area contributed by atoms with Crippen LogP contribution in [-0.2, 0) is 6.54 Å². The van der Waals surface area contributed by atoms with E-state index in [0.717, 1.165) is 12.1 Å². The van der Waals surface area contributed by atoms with Crippen molar-refractivity contribution in [3.8, 4) is 0 Å². The zero-order valence-electron chi connectivity index (χ0n) is 11.8. The van der Waals surface area contributed by atoms with Crippen LogP contribution in [0.4, 0.5) is 5.69 Å². The van der Waals surface area contributed by atoms with Gasteiger partial charge < -0.3 is 5.32 Å². The van der Waals surface area contributed by atoms with Gasteiger partial charge in [0.1, 0.15) is 0 Å². The number of hydrogen-bond donors (Lipinski definition) is 1. The Labute approximate surface area is 128 Å². The maximum atomic E-state index is 10.9. The molecule has 1 N–H and O–H groups in total. The van der Waals surface area contributed by atoms with Gasteiger partial charge in [-0.2, -0.15) is 0 Å². The number of nitro groups is 1. The van der Waals surface area contributed by atoms with Crippen LogP contribution in [0.25, 0.3) is 0 Å². The van der Waals surface area contributed by atoms with Crippen molar-refractivity contribution >= 4 is 21.6 Å². The Kier molecular flexibility index (Phi) is 5.16. The Bertz CT molecular complexity index is 485. The van der Waals surface area contributed by atoms with Crippen LogP contribution in [0, 0.1) is 15.5 Å². The van der Waals surface area contributed by atoms with Crippen LogP contribution in [0.2, 0.25) is 0 Å². The lowest BCUT2D eigenvalue weighted by Crippen LogP contribution is -2.31. The lowest BCUT2D eigenvalue weighted by Gasteiger charge is -2.27. The molecule has 20 heavy (non-hydrogen) atoms. The minimum atomic E-state index is -0.349. The minimum absolute atomic E-state index is 0.135. The lowest BCUT2D eigenvalue weighted by atomic mass is 9.83. The highest BCUT2D eigenvalue weighted by molar-refractivity contribution is 9.10. The molecule has 0 unspecified atom stereocenters. The van der Waals surface area contributed by atoms with E-state index in [1.165, 1.54) is 38.2 Å². The fourth-order valence-corrected chi connectivity index (χ4v) is 3.64. The average molecular weight is 341 g/mol. The van der Waals surface area contributed by atoms with Crippen molar-refractivity contribution in [3.63, 3.8) is 0 Å². The molecule has 4 nitrogen and oxygen atoms in total. The molecule has 1 aliphatic rings. The van der Waals surface area contributed by atoms with Crippen LogP contribution in [0.3, 0.4) is 0 Å². The summed E-state index contributed by atoms with van der Waals surface area (Å²) in [6.07, 6.45) is 6.46. The molecule has 1 fully saturated rings. The van der Waals surface area contributed by atoms with Gasteiger partial charge in [0.2, 0.25) is 0 Å². The van der Waals surface area contributed by atoms with Gasteiger partial charge in [-0.1, -0.05) is 31.9 Å². The number of nitro benzene ring substituents is 1. The summed E-state index contributed by atoms with van der Waals surface area (Å²) in [4.78, 5) is 10.6. The van der Waals surface area contributed by atoms with Crippen LogP contribution < -0.4 is 5.32 Å². The van der Waals surface area contributed by atoms with Gasteiger partial charge in [0, 0.05) is 19.2 Å². The second-order valence-electron chi connectivity index (χ2n) is 5.67. The first-order valence-corrected chi connectivity index (χ1v) is 8.00. The minimum Gasteiger partial charge on any atom is -0.312 e. The van der Waals surface area contributed by atoms with Gasteiger partial charge in [0.15, 0.2) is 0 Å². The van der Waals surface area contributed by atoms with Gasteiger partial charge in [0.05, 0.1) is 9.40 Å². The van der Waals surface area contributed by atoms with Crippen LogP contribution in [0.5, 0.6) is 0 Å². The molecule has 5 heteroatoms. The van der Waals surface area contributed by atoms with E-state index >= 15 is 0 Å². The van der Waals surface area contributed by atoms with E-state index in [1.807, 2.05) is 6.07 Å². The molecule has 1 aromatic rings. The van der Waals surface area contributed by atoms with Crippen LogP contribution >= 0.6 is 15.9 Å². The quantitative estimate of drug-likeness (QED) is 0.616. The third-order valence-electron chi connectivity index (χ3n) is 4.48. The molecule has 0 bridgehead atoms. The summed E-state index contributed by atoms with van der Waals surface area (Å²) < 4.78 is 0.592. The molecular formula is C15H21BrN2O2. The highest BCUT2D eigenvalue weighted by Gasteiger charge is 2.31. The molecule has 1 aliphatic carbocycles. The summed E-state index contributed by atoms with van der Waals surface area (Å²) in [5, 5.41) is 14.4. The van der Waals surface area contributed by atoms with Gasteiger partial charge in [0.25, 0.3) is 5.69 Å². The molecular weight excluding hydrogens is 320 g/mol. The standard InChI is InChI=1S/C15H21BrN2O2/c1-2-15(8-3-4-9-15)11-17-10-12-6-5-7-13(14(12)16)18(19)20/h5-7,17H,2-4,8-11H2,1H3. The van der Waals surface area contributed by atoms with Crippen molar-refractivity contribution in [2.24, 2.45) is 5.41 Å². The van der Waals surface area contributed by atoms with Crippen LogP contribution in [0.15, 0.2) is 22.7 Å². The predicted octanol–water partition coefficient (Wildman–Crippen LogP) is 4.42. The van der Waals surface area contributed by atoms with Crippen molar-refractivity contribution in [2.75, 3.05) is 6.54 Å². The Hall–Kier alpha value is -0.940.